The second-order valence-corrected chi connectivity index (χ2v) is 17.8. The van der Waals surface area contributed by atoms with E-state index >= 15 is 0 Å². The average molecular weight is 857 g/mol. The summed E-state index contributed by atoms with van der Waals surface area (Å²) in [5.41, 5.74) is 0. The van der Waals surface area contributed by atoms with Gasteiger partial charge in [-0.1, -0.05) is 218 Å². The first kappa shape index (κ1) is 58.6. The number of hydrogen-bond donors (Lipinski definition) is 0. The van der Waals surface area contributed by atoms with Crippen LogP contribution in [0.3, 0.4) is 0 Å². The maximum absolute atomic E-state index is 12.8. The fourth-order valence-corrected chi connectivity index (χ4v) is 7.59. The standard InChI is InChI=1S/C55H100O6/c1-4-7-10-13-16-19-22-25-27-30-33-36-39-42-45-48-54(57)60-51-52(50-59-53(56)47-44-41-38-35-32-29-24-21-18-15-12-9-6-3)61-55(58)49-46-43-40-37-34-31-28-26-23-20-17-14-11-8-5-2/h16,19,25-28,52H,4-15,17-18,20-24,29-51H2,1-3H3. The SMILES string of the molecule is CCCCCC=CCC=CCCCCCCCC(=O)OCC(COC(=O)CCCCCCCCCCCCCCC)OC(=O)CCCCCCCC=CCCCCCCCC. The van der Waals surface area contributed by atoms with Crippen LogP contribution in [0.5, 0.6) is 0 Å². The Hall–Kier alpha value is -2.37. The van der Waals surface area contributed by atoms with Crippen molar-refractivity contribution in [3.05, 3.63) is 36.5 Å². The van der Waals surface area contributed by atoms with Crippen molar-refractivity contribution in [3.8, 4) is 0 Å². The number of ether oxygens (including phenoxy) is 3. The van der Waals surface area contributed by atoms with Gasteiger partial charge in [-0.3, -0.25) is 14.4 Å². The van der Waals surface area contributed by atoms with Crippen LogP contribution < -0.4 is 0 Å². The van der Waals surface area contributed by atoms with Crippen LogP contribution in [0, 0.1) is 0 Å². The van der Waals surface area contributed by atoms with E-state index < -0.39 is 6.10 Å². The summed E-state index contributed by atoms with van der Waals surface area (Å²) in [6, 6.07) is 0. The van der Waals surface area contributed by atoms with Crippen LogP contribution in [0.15, 0.2) is 36.5 Å². The van der Waals surface area contributed by atoms with Crippen molar-refractivity contribution in [2.75, 3.05) is 13.2 Å². The minimum Gasteiger partial charge on any atom is -0.462 e. The van der Waals surface area contributed by atoms with Gasteiger partial charge in [-0.15, -0.1) is 0 Å². The first-order chi connectivity index (χ1) is 30.0. The van der Waals surface area contributed by atoms with Crippen LogP contribution in [-0.4, -0.2) is 37.2 Å². The number of carbonyl (C=O) groups is 3. The molecular weight excluding hydrogens is 757 g/mol. The zero-order valence-electron chi connectivity index (χ0n) is 40.7. The predicted molar refractivity (Wildman–Crippen MR) is 261 cm³/mol. The Morgan fingerprint density at radius 1 is 0.328 bits per heavy atom. The average Bonchev–Trinajstić information content (AvgIpc) is 3.26. The molecule has 0 fully saturated rings. The summed E-state index contributed by atoms with van der Waals surface area (Å²) in [5, 5.41) is 0. The molecule has 0 rings (SSSR count). The molecule has 0 bridgehead atoms. The lowest BCUT2D eigenvalue weighted by Crippen LogP contribution is -2.30. The van der Waals surface area contributed by atoms with Crippen LogP contribution in [-0.2, 0) is 28.6 Å². The third-order valence-electron chi connectivity index (χ3n) is 11.6. The molecular formula is C55H100O6. The summed E-state index contributed by atoms with van der Waals surface area (Å²) in [6.45, 7) is 6.61. The van der Waals surface area contributed by atoms with Crippen LogP contribution in [0.1, 0.15) is 278 Å². The third-order valence-corrected chi connectivity index (χ3v) is 11.6. The van der Waals surface area contributed by atoms with Gasteiger partial charge in [0.1, 0.15) is 13.2 Å². The molecule has 0 N–H and O–H groups in total. The molecule has 1 atom stereocenters. The quantitative estimate of drug-likeness (QED) is 0.0262. The molecule has 0 aromatic heterocycles. The number of hydrogen-bond acceptors (Lipinski definition) is 6. The van der Waals surface area contributed by atoms with E-state index in [1.807, 2.05) is 0 Å². The normalized spacial score (nSPS) is 12.2. The second-order valence-electron chi connectivity index (χ2n) is 17.8. The summed E-state index contributed by atoms with van der Waals surface area (Å²) < 4.78 is 16.8. The summed E-state index contributed by atoms with van der Waals surface area (Å²) in [5.74, 6) is -0.889. The van der Waals surface area contributed by atoms with Crippen LogP contribution >= 0.6 is 0 Å². The molecule has 0 aliphatic rings. The molecule has 0 aromatic carbocycles. The highest BCUT2D eigenvalue weighted by molar-refractivity contribution is 5.71. The van der Waals surface area contributed by atoms with Gasteiger partial charge in [-0.25, -0.2) is 0 Å². The van der Waals surface area contributed by atoms with E-state index in [9.17, 15) is 14.4 Å². The van der Waals surface area contributed by atoms with Gasteiger partial charge in [0.05, 0.1) is 0 Å². The molecule has 0 radical (unpaired) electrons. The van der Waals surface area contributed by atoms with E-state index in [-0.39, 0.29) is 31.1 Å². The Morgan fingerprint density at radius 2 is 0.590 bits per heavy atom. The molecule has 61 heavy (non-hydrogen) atoms. The topological polar surface area (TPSA) is 78.9 Å². The maximum atomic E-state index is 12.8. The summed E-state index contributed by atoms with van der Waals surface area (Å²) >= 11 is 0. The second kappa shape index (κ2) is 50.3. The van der Waals surface area contributed by atoms with E-state index in [4.69, 9.17) is 14.2 Å². The van der Waals surface area contributed by atoms with Crippen molar-refractivity contribution < 1.29 is 28.6 Å². The molecule has 0 aromatic rings. The van der Waals surface area contributed by atoms with Crippen molar-refractivity contribution in [2.45, 2.75) is 284 Å². The highest BCUT2D eigenvalue weighted by atomic mass is 16.6. The lowest BCUT2D eigenvalue weighted by atomic mass is 10.0. The molecule has 0 aliphatic carbocycles. The van der Waals surface area contributed by atoms with Gasteiger partial charge >= 0.3 is 17.9 Å². The Bertz CT molecular complexity index is 1030. The summed E-state index contributed by atoms with van der Waals surface area (Å²) in [6.07, 6.45) is 58.3. The smallest absolute Gasteiger partial charge is 0.306 e. The van der Waals surface area contributed by atoms with Crippen molar-refractivity contribution in [1.82, 2.24) is 0 Å². The van der Waals surface area contributed by atoms with Gasteiger partial charge in [0.15, 0.2) is 6.10 Å². The molecule has 356 valence electrons. The van der Waals surface area contributed by atoms with Gasteiger partial charge < -0.3 is 14.2 Å². The van der Waals surface area contributed by atoms with Gasteiger partial charge in [0, 0.05) is 19.3 Å². The number of unbranched alkanes of at least 4 members (excludes halogenated alkanes) is 31. The minimum absolute atomic E-state index is 0.0770. The zero-order chi connectivity index (χ0) is 44.4. The molecule has 0 spiro atoms. The molecule has 0 amide bonds. The zero-order valence-corrected chi connectivity index (χ0v) is 40.7. The molecule has 0 saturated carbocycles. The van der Waals surface area contributed by atoms with Gasteiger partial charge in [-0.05, 0) is 77.0 Å². The van der Waals surface area contributed by atoms with Crippen molar-refractivity contribution in [3.63, 3.8) is 0 Å². The van der Waals surface area contributed by atoms with Crippen LogP contribution in [0.4, 0.5) is 0 Å². The highest BCUT2D eigenvalue weighted by Gasteiger charge is 2.19. The van der Waals surface area contributed by atoms with E-state index in [1.165, 1.54) is 154 Å². The highest BCUT2D eigenvalue weighted by Crippen LogP contribution is 2.15. The predicted octanol–water partition coefficient (Wildman–Crippen LogP) is 17.3. The fourth-order valence-electron chi connectivity index (χ4n) is 7.59. The lowest BCUT2D eigenvalue weighted by Gasteiger charge is -2.18. The Labute approximate surface area is 378 Å². The maximum Gasteiger partial charge on any atom is 0.306 e. The number of esters is 3. The Kier molecular flexibility index (Phi) is 48.3. The number of rotatable bonds is 48. The fraction of sp³-hybridized carbons (Fsp3) is 0.836. The van der Waals surface area contributed by atoms with Crippen molar-refractivity contribution in [1.29, 1.82) is 0 Å². The van der Waals surface area contributed by atoms with Gasteiger partial charge in [0.25, 0.3) is 0 Å². The first-order valence-electron chi connectivity index (χ1n) is 26.5. The molecule has 0 aliphatic heterocycles. The lowest BCUT2D eigenvalue weighted by molar-refractivity contribution is -0.167. The Morgan fingerprint density at radius 3 is 0.951 bits per heavy atom. The largest absolute Gasteiger partial charge is 0.462 e. The van der Waals surface area contributed by atoms with E-state index in [2.05, 4.69) is 57.2 Å². The van der Waals surface area contributed by atoms with E-state index in [0.29, 0.717) is 19.3 Å². The molecule has 6 heteroatoms. The third kappa shape index (κ3) is 48.5. The molecule has 0 saturated heterocycles. The molecule has 0 heterocycles. The number of carbonyl (C=O) groups excluding carboxylic acids is 3. The molecule has 6 nitrogen and oxygen atoms in total. The van der Waals surface area contributed by atoms with Crippen LogP contribution in [0.25, 0.3) is 0 Å². The summed E-state index contributed by atoms with van der Waals surface area (Å²) in [7, 11) is 0. The van der Waals surface area contributed by atoms with Gasteiger partial charge in [-0.2, -0.15) is 0 Å². The van der Waals surface area contributed by atoms with E-state index in [0.717, 1.165) is 83.5 Å². The summed E-state index contributed by atoms with van der Waals surface area (Å²) in [4.78, 5) is 38.0. The van der Waals surface area contributed by atoms with Crippen molar-refractivity contribution >= 4 is 17.9 Å². The Balaban J connectivity index is 4.39. The van der Waals surface area contributed by atoms with Crippen LogP contribution in [0.2, 0.25) is 0 Å². The molecule has 1 unspecified atom stereocenters. The minimum atomic E-state index is -0.778. The van der Waals surface area contributed by atoms with Gasteiger partial charge in [0.2, 0.25) is 0 Å². The number of allylic oxidation sites excluding steroid dienone is 6. The first-order valence-corrected chi connectivity index (χ1v) is 26.5. The van der Waals surface area contributed by atoms with E-state index in [1.54, 1.807) is 0 Å². The van der Waals surface area contributed by atoms with Crippen molar-refractivity contribution in [2.24, 2.45) is 0 Å². The monoisotopic (exact) mass is 857 g/mol.